The van der Waals surface area contributed by atoms with Crippen molar-refractivity contribution in [3.8, 4) is 11.4 Å². The topological polar surface area (TPSA) is 94.0 Å². The van der Waals surface area contributed by atoms with Gasteiger partial charge in [0.15, 0.2) is 0 Å². The molecule has 1 heterocycles. The molecule has 0 bridgehead atoms. The number of rotatable bonds is 7. The maximum Gasteiger partial charge on any atom is 0.233 e. The molecule has 1 atom stereocenters. The molecule has 112 valence electrons. The van der Waals surface area contributed by atoms with Crippen LogP contribution in [0.1, 0.15) is 31.6 Å². The average Bonchev–Trinajstić information content (AvgIpc) is 3.02. The van der Waals surface area contributed by atoms with E-state index in [9.17, 15) is 4.79 Å². The molecule has 1 unspecified atom stereocenters. The van der Waals surface area contributed by atoms with Gasteiger partial charge in [-0.2, -0.15) is 4.98 Å². The monoisotopic (exact) mass is 288 g/mol. The second kappa shape index (κ2) is 7.54. The normalized spacial score (nSPS) is 12.1. The van der Waals surface area contributed by atoms with E-state index in [1.807, 2.05) is 30.3 Å². The van der Waals surface area contributed by atoms with E-state index in [4.69, 9.17) is 10.3 Å². The molecule has 3 N–H and O–H groups in total. The minimum absolute atomic E-state index is 0.00943. The number of hydrogen-bond donors (Lipinski definition) is 2. The molecule has 0 aliphatic heterocycles. The Morgan fingerprint density at radius 1 is 1.38 bits per heavy atom. The summed E-state index contributed by atoms with van der Waals surface area (Å²) in [6.07, 6.45) is 1.62. The summed E-state index contributed by atoms with van der Waals surface area (Å²) >= 11 is 0. The SMILES string of the molecule is CCC(CCNC(=O)CN)c1nc(-c2ccccc2)no1. The van der Waals surface area contributed by atoms with Crippen molar-refractivity contribution in [2.75, 3.05) is 13.1 Å². The zero-order valence-corrected chi connectivity index (χ0v) is 12.1. The van der Waals surface area contributed by atoms with Gasteiger partial charge in [-0.3, -0.25) is 4.79 Å². The van der Waals surface area contributed by atoms with E-state index in [0.29, 0.717) is 18.3 Å². The Labute approximate surface area is 123 Å². The highest BCUT2D eigenvalue weighted by molar-refractivity contribution is 5.77. The maximum absolute atomic E-state index is 11.1. The number of aromatic nitrogens is 2. The van der Waals surface area contributed by atoms with Gasteiger partial charge in [-0.15, -0.1) is 0 Å². The Morgan fingerprint density at radius 2 is 2.14 bits per heavy atom. The molecule has 0 aliphatic rings. The third kappa shape index (κ3) is 4.13. The van der Waals surface area contributed by atoms with Gasteiger partial charge in [-0.25, -0.2) is 0 Å². The summed E-state index contributed by atoms with van der Waals surface area (Å²) in [5, 5.41) is 6.77. The van der Waals surface area contributed by atoms with Crippen LogP contribution in [0.25, 0.3) is 11.4 Å². The van der Waals surface area contributed by atoms with Crippen molar-refractivity contribution < 1.29 is 9.32 Å². The average molecular weight is 288 g/mol. The smallest absolute Gasteiger partial charge is 0.233 e. The van der Waals surface area contributed by atoms with E-state index in [1.54, 1.807) is 0 Å². The first-order valence-corrected chi connectivity index (χ1v) is 7.10. The van der Waals surface area contributed by atoms with Gasteiger partial charge >= 0.3 is 0 Å². The second-order valence-electron chi connectivity index (χ2n) is 4.77. The molecular formula is C15H20N4O2. The van der Waals surface area contributed by atoms with Crippen LogP contribution in [0.4, 0.5) is 0 Å². The van der Waals surface area contributed by atoms with Crippen molar-refractivity contribution >= 4 is 5.91 Å². The van der Waals surface area contributed by atoms with E-state index in [2.05, 4.69) is 22.4 Å². The van der Waals surface area contributed by atoms with Gasteiger partial charge in [0, 0.05) is 18.0 Å². The summed E-state index contributed by atoms with van der Waals surface area (Å²) in [4.78, 5) is 15.6. The second-order valence-corrected chi connectivity index (χ2v) is 4.77. The summed E-state index contributed by atoms with van der Waals surface area (Å²) in [7, 11) is 0. The molecule has 0 aliphatic carbocycles. The van der Waals surface area contributed by atoms with Crippen molar-refractivity contribution in [1.82, 2.24) is 15.5 Å². The fourth-order valence-electron chi connectivity index (χ4n) is 2.07. The van der Waals surface area contributed by atoms with Crippen LogP contribution < -0.4 is 11.1 Å². The number of nitrogens with one attached hydrogen (secondary N) is 1. The number of benzene rings is 1. The third-order valence-electron chi connectivity index (χ3n) is 3.32. The molecule has 2 rings (SSSR count). The zero-order chi connectivity index (χ0) is 15.1. The summed E-state index contributed by atoms with van der Waals surface area (Å²) in [6.45, 7) is 2.62. The van der Waals surface area contributed by atoms with Crippen LogP contribution in [0.5, 0.6) is 0 Å². The minimum atomic E-state index is -0.152. The summed E-state index contributed by atoms with van der Waals surface area (Å²) < 4.78 is 5.36. The lowest BCUT2D eigenvalue weighted by atomic mass is 10.0. The summed E-state index contributed by atoms with van der Waals surface area (Å²) in [6, 6.07) is 9.70. The lowest BCUT2D eigenvalue weighted by Crippen LogP contribution is -2.31. The Bertz CT molecular complexity index is 568. The highest BCUT2D eigenvalue weighted by Gasteiger charge is 2.18. The summed E-state index contributed by atoms with van der Waals surface area (Å²) in [5.74, 6) is 1.18. The Balaban J connectivity index is 1.99. The van der Waals surface area contributed by atoms with Crippen LogP contribution >= 0.6 is 0 Å². The van der Waals surface area contributed by atoms with E-state index < -0.39 is 0 Å². The van der Waals surface area contributed by atoms with E-state index >= 15 is 0 Å². The van der Waals surface area contributed by atoms with Crippen LogP contribution in [0.15, 0.2) is 34.9 Å². The van der Waals surface area contributed by atoms with Gasteiger partial charge in [-0.05, 0) is 12.8 Å². The van der Waals surface area contributed by atoms with Crippen molar-refractivity contribution in [1.29, 1.82) is 0 Å². The molecule has 1 aromatic carbocycles. The van der Waals surface area contributed by atoms with Crippen molar-refractivity contribution in [3.05, 3.63) is 36.2 Å². The molecule has 6 nitrogen and oxygen atoms in total. The van der Waals surface area contributed by atoms with Crippen molar-refractivity contribution in [2.24, 2.45) is 5.73 Å². The lowest BCUT2D eigenvalue weighted by Gasteiger charge is -2.10. The molecule has 0 spiro atoms. The molecule has 0 saturated carbocycles. The number of amides is 1. The highest BCUT2D eigenvalue weighted by Crippen LogP contribution is 2.24. The minimum Gasteiger partial charge on any atom is -0.355 e. The quantitative estimate of drug-likeness (QED) is 0.808. The molecule has 1 aromatic heterocycles. The van der Waals surface area contributed by atoms with Crippen LogP contribution in [-0.4, -0.2) is 29.1 Å². The van der Waals surface area contributed by atoms with Gasteiger partial charge in [0.2, 0.25) is 17.6 Å². The van der Waals surface area contributed by atoms with Crippen LogP contribution in [0, 0.1) is 0 Å². The number of nitrogens with two attached hydrogens (primary N) is 1. The molecule has 0 saturated heterocycles. The van der Waals surface area contributed by atoms with Crippen molar-refractivity contribution in [3.63, 3.8) is 0 Å². The molecule has 1 amide bonds. The van der Waals surface area contributed by atoms with Gasteiger partial charge in [-0.1, -0.05) is 42.4 Å². The fraction of sp³-hybridized carbons (Fsp3) is 0.400. The van der Waals surface area contributed by atoms with Crippen molar-refractivity contribution in [2.45, 2.75) is 25.7 Å². The predicted molar refractivity (Wildman–Crippen MR) is 79.4 cm³/mol. The molecule has 0 radical (unpaired) electrons. The summed E-state index contributed by atoms with van der Waals surface area (Å²) in [5.41, 5.74) is 6.18. The first kappa shape index (κ1) is 15.2. The molecule has 2 aromatic rings. The first-order valence-electron chi connectivity index (χ1n) is 7.10. The maximum atomic E-state index is 11.1. The van der Waals surface area contributed by atoms with Gasteiger partial charge in [0.1, 0.15) is 0 Å². The Kier molecular flexibility index (Phi) is 5.45. The van der Waals surface area contributed by atoms with Crippen LogP contribution in [-0.2, 0) is 4.79 Å². The lowest BCUT2D eigenvalue weighted by molar-refractivity contribution is -0.119. The van der Waals surface area contributed by atoms with E-state index in [1.165, 1.54) is 0 Å². The Morgan fingerprint density at radius 3 is 2.81 bits per heavy atom. The van der Waals surface area contributed by atoms with Crippen LogP contribution in [0.2, 0.25) is 0 Å². The van der Waals surface area contributed by atoms with Gasteiger partial charge in [0.25, 0.3) is 0 Å². The fourth-order valence-corrected chi connectivity index (χ4v) is 2.07. The zero-order valence-electron chi connectivity index (χ0n) is 12.1. The molecule has 6 heteroatoms. The molecule has 0 fully saturated rings. The molecule has 21 heavy (non-hydrogen) atoms. The largest absolute Gasteiger partial charge is 0.355 e. The first-order chi connectivity index (χ1) is 10.2. The van der Waals surface area contributed by atoms with Gasteiger partial charge in [0.05, 0.1) is 6.54 Å². The number of carbonyl (C=O) groups is 1. The number of carbonyl (C=O) groups excluding carboxylic acids is 1. The number of nitrogens with zero attached hydrogens (tertiary/aromatic N) is 2. The van der Waals surface area contributed by atoms with Gasteiger partial charge < -0.3 is 15.6 Å². The third-order valence-corrected chi connectivity index (χ3v) is 3.32. The highest BCUT2D eigenvalue weighted by atomic mass is 16.5. The van der Waals surface area contributed by atoms with E-state index in [0.717, 1.165) is 18.4 Å². The molecular weight excluding hydrogens is 268 g/mol. The Hall–Kier alpha value is -2.21. The number of hydrogen-bond acceptors (Lipinski definition) is 5. The predicted octanol–water partition coefficient (Wildman–Crippen LogP) is 1.70. The standard InChI is InChI=1S/C15H20N4O2/c1-2-11(8-9-17-13(20)10-16)15-18-14(19-21-15)12-6-4-3-5-7-12/h3-7,11H,2,8-10,16H2,1H3,(H,17,20). The van der Waals surface area contributed by atoms with E-state index in [-0.39, 0.29) is 18.4 Å². The van der Waals surface area contributed by atoms with Crippen LogP contribution in [0.3, 0.4) is 0 Å².